The molecule has 0 radical (unpaired) electrons. The van der Waals surface area contributed by atoms with Gasteiger partial charge in [-0.2, -0.15) is 13.2 Å². The summed E-state index contributed by atoms with van der Waals surface area (Å²) in [6.45, 7) is 2.93. The van der Waals surface area contributed by atoms with Crippen LogP contribution in [0.2, 0.25) is 5.02 Å². The van der Waals surface area contributed by atoms with Crippen LogP contribution >= 0.6 is 11.6 Å². The predicted molar refractivity (Wildman–Crippen MR) is 113 cm³/mol. The zero-order valence-electron chi connectivity index (χ0n) is 17.2. The van der Waals surface area contributed by atoms with Crippen molar-refractivity contribution in [1.82, 2.24) is 9.97 Å². The molecule has 0 aliphatic heterocycles. The first-order chi connectivity index (χ1) is 15.4. The number of phenols is 1. The first-order valence-corrected chi connectivity index (χ1v) is 10.1. The molecule has 0 bridgehead atoms. The minimum atomic E-state index is -5.14. The number of hydrogen-bond acceptors (Lipinski definition) is 5. The van der Waals surface area contributed by atoms with Crippen molar-refractivity contribution in [2.45, 2.75) is 38.1 Å². The molecule has 0 fully saturated rings. The number of alkyl halides is 3. The average Bonchev–Trinajstić information content (AvgIpc) is 2.74. The van der Waals surface area contributed by atoms with Crippen LogP contribution in [0.25, 0.3) is 16.5 Å². The zero-order chi connectivity index (χ0) is 24.3. The zero-order valence-corrected chi connectivity index (χ0v) is 18.0. The SMILES string of the molecule is C/C=C1/C[C@@](O)(C(F)(F)F)[C@@H](Nc2ccc(F)c3nc(C)ncc23)c2cc(Cl)c(F)c(O)c21. The molecule has 4 rings (SSSR count). The minimum Gasteiger partial charge on any atom is -0.504 e. The van der Waals surface area contributed by atoms with E-state index in [1.54, 1.807) is 0 Å². The molecule has 2 atom stereocenters. The average molecular weight is 486 g/mol. The van der Waals surface area contributed by atoms with E-state index >= 15 is 0 Å². The second-order valence-corrected chi connectivity index (χ2v) is 8.16. The molecule has 0 amide bonds. The molecule has 1 heterocycles. The third kappa shape index (κ3) is 3.57. The second-order valence-electron chi connectivity index (χ2n) is 7.75. The van der Waals surface area contributed by atoms with Gasteiger partial charge in [0, 0.05) is 29.3 Å². The fourth-order valence-electron chi connectivity index (χ4n) is 4.10. The van der Waals surface area contributed by atoms with Crippen LogP contribution in [-0.4, -0.2) is 32.0 Å². The first kappa shape index (κ1) is 23.2. The third-order valence-corrected chi connectivity index (χ3v) is 6.03. The Balaban J connectivity index is 2.00. The molecule has 1 aliphatic carbocycles. The van der Waals surface area contributed by atoms with Crippen LogP contribution in [0.5, 0.6) is 5.75 Å². The van der Waals surface area contributed by atoms with Crippen LogP contribution in [0.4, 0.5) is 27.6 Å². The Bertz CT molecular complexity index is 1310. The highest BCUT2D eigenvalue weighted by atomic mass is 35.5. The Kier molecular flexibility index (Phi) is 5.49. The summed E-state index contributed by atoms with van der Waals surface area (Å²) in [4.78, 5) is 7.97. The molecular formula is C22H17ClF5N3O2. The Hall–Kier alpha value is -2.98. The number of benzene rings is 2. The van der Waals surface area contributed by atoms with Crippen molar-refractivity contribution >= 4 is 33.8 Å². The Morgan fingerprint density at radius 2 is 1.97 bits per heavy atom. The molecule has 2 aromatic carbocycles. The van der Waals surface area contributed by atoms with Gasteiger partial charge in [0.15, 0.2) is 17.2 Å². The fraction of sp³-hybridized carbons (Fsp3) is 0.273. The highest BCUT2D eigenvalue weighted by Crippen LogP contribution is 2.55. The van der Waals surface area contributed by atoms with Crippen LogP contribution in [-0.2, 0) is 0 Å². The van der Waals surface area contributed by atoms with E-state index in [0.29, 0.717) is 0 Å². The second kappa shape index (κ2) is 7.81. The van der Waals surface area contributed by atoms with Gasteiger partial charge in [0.05, 0.1) is 11.1 Å². The predicted octanol–water partition coefficient (Wildman–Crippen LogP) is 5.83. The van der Waals surface area contributed by atoms with E-state index in [4.69, 9.17) is 11.6 Å². The number of nitrogens with zero attached hydrogens (tertiary/aromatic N) is 2. The van der Waals surface area contributed by atoms with Gasteiger partial charge in [-0.1, -0.05) is 17.7 Å². The Morgan fingerprint density at radius 3 is 2.61 bits per heavy atom. The maximum Gasteiger partial charge on any atom is 0.419 e. The number of nitrogens with one attached hydrogen (secondary N) is 1. The van der Waals surface area contributed by atoms with E-state index in [0.717, 1.165) is 12.1 Å². The van der Waals surface area contributed by atoms with Gasteiger partial charge in [-0.05, 0) is 43.2 Å². The van der Waals surface area contributed by atoms with E-state index in [-0.39, 0.29) is 39.1 Å². The first-order valence-electron chi connectivity index (χ1n) is 9.73. The number of allylic oxidation sites excluding steroid dienone is 1. The van der Waals surface area contributed by atoms with Crippen molar-refractivity contribution in [1.29, 1.82) is 0 Å². The molecule has 33 heavy (non-hydrogen) atoms. The largest absolute Gasteiger partial charge is 0.504 e. The van der Waals surface area contributed by atoms with Crippen molar-refractivity contribution in [3.05, 3.63) is 64.1 Å². The van der Waals surface area contributed by atoms with E-state index in [1.807, 2.05) is 0 Å². The van der Waals surface area contributed by atoms with Crippen molar-refractivity contribution < 1.29 is 32.2 Å². The molecular weight excluding hydrogens is 469 g/mol. The summed E-state index contributed by atoms with van der Waals surface area (Å²) in [6, 6.07) is 1.19. The number of halogens is 6. The number of phenolic OH excluding ortho intramolecular Hbond substituents is 1. The van der Waals surface area contributed by atoms with E-state index in [2.05, 4.69) is 15.3 Å². The molecule has 0 spiro atoms. The lowest BCUT2D eigenvalue weighted by Gasteiger charge is -2.44. The maximum absolute atomic E-state index is 14.3. The number of hydrogen-bond donors (Lipinski definition) is 3. The van der Waals surface area contributed by atoms with Crippen LogP contribution in [0.3, 0.4) is 0 Å². The molecule has 174 valence electrons. The number of anilines is 1. The van der Waals surface area contributed by atoms with Crippen molar-refractivity contribution in [2.24, 2.45) is 0 Å². The van der Waals surface area contributed by atoms with Gasteiger partial charge in [0.25, 0.3) is 0 Å². The van der Waals surface area contributed by atoms with Gasteiger partial charge in [0.2, 0.25) is 0 Å². The number of aryl methyl sites for hydroxylation is 1. The fourth-order valence-corrected chi connectivity index (χ4v) is 4.31. The standard InChI is InChI=1S/C22H17ClF5N3O2/c1-3-10-7-21(33,22(26,27)28)20(11-6-13(23)17(25)19(32)16(10)11)31-15-5-4-14(24)18-12(15)8-29-9(2)30-18/h3-6,8,20,31-33H,7H2,1-2H3/b10-3-/t20-,21-/m0/s1. The molecule has 1 aliphatic rings. The summed E-state index contributed by atoms with van der Waals surface area (Å²) in [6.07, 6.45) is -3.62. The summed E-state index contributed by atoms with van der Waals surface area (Å²) >= 11 is 5.84. The lowest BCUT2D eigenvalue weighted by molar-refractivity contribution is -0.265. The molecule has 3 aromatic rings. The van der Waals surface area contributed by atoms with Gasteiger partial charge in [-0.3, -0.25) is 0 Å². The molecule has 0 saturated heterocycles. The summed E-state index contributed by atoms with van der Waals surface area (Å²) in [7, 11) is 0. The van der Waals surface area contributed by atoms with Crippen LogP contribution in [0, 0.1) is 18.6 Å². The Labute approximate surface area is 189 Å². The van der Waals surface area contributed by atoms with Gasteiger partial charge in [0.1, 0.15) is 17.2 Å². The summed E-state index contributed by atoms with van der Waals surface area (Å²) < 4.78 is 71.3. The molecule has 3 N–H and O–H groups in total. The minimum absolute atomic E-state index is 0.00566. The molecule has 0 unspecified atom stereocenters. The van der Waals surface area contributed by atoms with E-state index in [9.17, 15) is 32.2 Å². The smallest absolute Gasteiger partial charge is 0.419 e. The normalized spacial score (nSPS) is 22.0. The van der Waals surface area contributed by atoms with Crippen molar-refractivity contribution in [2.75, 3.05) is 5.32 Å². The number of aromatic hydroxyl groups is 1. The maximum atomic E-state index is 14.3. The van der Waals surface area contributed by atoms with Crippen molar-refractivity contribution in [3.63, 3.8) is 0 Å². The van der Waals surface area contributed by atoms with Crippen molar-refractivity contribution in [3.8, 4) is 5.75 Å². The Morgan fingerprint density at radius 1 is 1.27 bits per heavy atom. The van der Waals surface area contributed by atoms with Gasteiger partial charge in [-0.15, -0.1) is 0 Å². The third-order valence-electron chi connectivity index (χ3n) is 5.76. The van der Waals surface area contributed by atoms with E-state index < -0.39 is 46.6 Å². The number of aromatic nitrogens is 2. The van der Waals surface area contributed by atoms with Crippen LogP contribution < -0.4 is 5.32 Å². The summed E-state index contributed by atoms with van der Waals surface area (Å²) in [5, 5.41) is 23.4. The number of aliphatic hydroxyl groups is 1. The monoisotopic (exact) mass is 485 g/mol. The van der Waals surface area contributed by atoms with Gasteiger partial charge in [-0.25, -0.2) is 18.7 Å². The molecule has 1 aromatic heterocycles. The highest BCUT2D eigenvalue weighted by Gasteiger charge is 2.62. The van der Waals surface area contributed by atoms with E-state index in [1.165, 1.54) is 32.2 Å². The quantitative estimate of drug-likeness (QED) is 0.398. The van der Waals surface area contributed by atoms with Gasteiger partial charge >= 0.3 is 6.18 Å². The topological polar surface area (TPSA) is 78.3 Å². The number of rotatable bonds is 2. The number of fused-ring (bicyclic) bond motifs is 2. The lowest BCUT2D eigenvalue weighted by atomic mass is 9.72. The highest BCUT2D eigenvalue weighted by molar-refractivity contribution is 6.31. The molecule has 0 saturated carbocycles. The lowest BCUT2D eigenvalue weighted by Crippen LogP contribution is -2.54. The summed E-state index contributed by atoms with van der Waals surface area (Å²) in [5.74, 6) is -2.58. The van der Waals surface area contributed by atoms with Gasteiger partial charge < -0.3 is 15.5 Å². The molecule has 5 nitrogen and oxygen atoms in total. The van der Waals surface area contributed by atoms with Crippen LogP contribution in [0.15, 0.2) is 30.5 Å². The molecule has 11 heteroatoms. The summed E-state index contributed by atoms with van der Waals surface area (Å²) in [5.41, 5.74) is -4.10. The van der Waals surface area contributed by atoms with Crippen LogP contribution in [0.1, 0.15) is 36.3 Å².